The van der Waals surface area contributed by atoms with Gasteiger partial charge in [-0.25, -0.2) is 0 Å². The molecule has 0 aliphatic heterocycles. The molecule has 1 unspecified atom stereocenters. The van der Waals surface area contributed by atoms with Crippen molar-refractivity contribution in [3.05, 3.63) is 45.2 Å². The Hall–Kier alpha value is -0.810. The van der Waals surface area contributed by atoms with Crippen LogP contribution in [0, 0.1) is 3.57 Å². The molecule has 19 heavy (non-hydrogen) atoms. The molecule has 0 N–H and O–H groups in total. The van der Waals surface area contributed by atoms with Crippen molar-refractivity contribution in [2.24, 2.45) is 0 Å². The summed E-state index contributed by atoms with van der Waals surface area (Å²) in [6, 6.07) is 10.3. The van der Waals surface area contributed by atoms with Crippen molar-refractivity contribution in [2.75, 3.05) is 7.11 Å². The first-order chi connectivity index (χ1) is 9.29. The molecule has 3 rings (SSSR count). The van der Waals surface area contributed by atoms with Crippen LogP contribution < -0.4 is 0 Å². The normalized spacial score (nSPS) is 18.9. The lowest BCUT2D eigenvalue weighted by molar-refractivity contribution is 0.0959. The Morgan fingerprint density at radius 2 is 2.05 bits per heavy atom. The third-order valence-electron chi connectivity index (χ3n) is 3.76. The van der Waals surface area contributed by atoms with Crippen molar-refractivity contribution in [3.63, 3.8) is 0 Å². The number of hydrogen-bond donors (Lipinski definition) is 0. The minimum absolute atomic E-state index is 0.330. The van der Waals surface area contributed by atoms with Crippen LogP contribution in [0.1, 0.15) is 24.2 Å². The Balaban J connectivity index is 2.02. The van der Waals surface area contributed by atoms with Crippen LogP contribution in [-0.4, -0.2) is 13.2 Å². The molecule has 1 aliphatic rings. The van der Waals surface area contributed by atoms with E-state index in [1.54, 1.807) is 7.11 Å². The van der Waals surface area contributed by atoms with E-state index in [0.29, 0.717) is 6.10 Å². The van der Waals surface area contributed by atoms with E-state index < -0.39 is 0 Å². The molecule has 100 valence electrons. The summed E-state index contributed by atoms with van der Waals surface area (Å²) in [6.07, 6.45) is 4.59. The number of aryl methyl sites for hydroxylation is 1. The van der Waals surface area contributed by atoms with E-state index in [4.69, 9.17) is 9.15 Å². The molecule has 2 nitrogen and oxygen atoms in total. The molecule has 0 saturated heterocycles. The second kappa shape index (κ2) is 5.67. The lowest BCUT2D eigenvalue weighted by Gasteiger charge is -2.11. The average Bonchev–Trinajstić information content (AvgIpc) is 2.65. The van der Waals surface area contributed by atoms with Gasteiger partial charge in [-0.05, 0) is 35.4 Å². The van der Waals surface area contributed by atoms with Crippen molar-refractivity contribution in [2.45, 2.75) is 31.8 Å². The highest BCUT2D eigenvalue weighted by Gasteiger charge is 2.24. The van der Waals surface area contributed by atoms with Gasteiger partial charge in [-0.3, -0.25) is 0 Å². The standard InChI is InChI=1S/C16H17IO2/c1-18-12-8-5-9-14-13(10-12)15(17)16(19-14)11-6-3-2-4-7-11/h2-4,6-7,12H,5,8-10H2,1H3. The predicted molar refractivity (Wildman–Crippen MR) is 84.3 cm³/mol. The number of benzene rings is 1. The topological polar surface area (TPSA) is 22.4 Å². The zero-order valence-corrected chi connectivity index (χ0v) is 13.1. The summed E-state index contributed by atoms with van der Waals surface area (Å²) in [7, 11) is 1.81. The molecule has 2 aromatic rings. The number of ether oxygens (including phenoxy) is 1. The van der Waals surface area contributed by atoms with E-state index in [1.807, 2.05) is 6.07 Å². The minimum Gasteiger partial charge on any atom is -0.460 e. The van der Waals surface area contributed by atoms with Crippen LogP contribution in [0.5, 0.6) is 0 Å². The Bertz CT molecular complexity index is 560. The van der Waals surface area contributed by atoms with Gasteiger partial charge in [0.05, 0.1) is 9.67 Å². The van der Waals surface area contributed by atoms with E-state index in [-0.39, 0.29) is 0 Å². The zero-order valence-electron chi connectivity index (χ0n) is 11.0. The second-order valence-electron chi connectivity index (χ2n) is 4.97. The lowest BCUT2D eigenvalue weighted by atomic mass is 10.1. The highest BCUT2D eigenvalue weighted by atomic mass is 127. The SMILES string of the molecule is COC1CCCc2oc(-c3ccccc3)c(I)c2C1. The van der Waals surface area contributed by atoms with Crippen LogP contribution in [0.2, 0.25) is 0 Å². The number of hydrogen-bond acceptors (Lipinski definition) is 2. The smallest absolute Gasteiger partial charge is 0.147 e. The highest BCUT2D eigenvalue weighted by molar-refractivity contribution is 14.1. The molecule has 1 heterocycles. The Morgan fingerprint density at radius 1 is 1.26 bits per heavy atom. The van der Waals surface area contributed by atoms with Gasteiger partial charge < -0.3 is 9.15 Å². The molecule has 1 aromatic heterocycles. The van der Waals surface area contributed by atoms with E-state index in [2.05, 4.69) is 46.9 Å². The van der Waals surface area contributed by atoms with Crippen LogP contribution in [0.4, 0.5) is 0 Å². The monoisotopic (exact) mass is 368 g/mol. The average molecular weight is 368 g/mol. The van der Waals surface area contributed by atoms with Crippen molar-refractivity contribution >= 4 is 22.6 Å². The highest BCUT2D eigenvalue weighted by Crippen LogP contribution is 2.36. The molecule has 0 radical (unpaired) electrons. The fourth-order valence-electron chi connectivity index (χ4n) is 2.69. The van der Waals surface area contributed by atoms with E-state index in [1.165, 1.54) is 9.13 Å². The molecular formula is C16H17IO2. The van der Waals surface area contributed by atoms with E-state index in [0.717, 1.165) is 42.8 Å². The molecule has 0 bridgehead atoms. The summed E-state index contributed by atoms with van der Waals surface area (Å²) in [6.45, 7) is 0. The first-order valence-electron chi connectivity index (χ1n) is 6.68. The molecule has 1 aromatic carbocycles. The Kier molecular flexibility index (Phi) is 3.93. The van der Waals surface area contributed by atoms with Crippen molar-refractivity contribution in [1.29, 1.82) is 0 Å². The Morgan fingerprint density at radius 3 is 2.79 bits per heavy atom. The first kappa shape index (κ1) is 13.2. The fourth-order valence-corrected chi connectivity index (χ4v) is 3.63. The summed E-state index contributed by atoms with van der Waals surface area (Å²) < 4.78 is 12.9. The molecule has 0 saturated carbocycles. The summed E-state index contributed by atoms with van der Waals surface area (Å²) >= 11 is 2.42. The second-order valence-corrected chi connectivity index (χ2v) is 6.05. The molecule has 1 atom stereocenters. The summed E-state index contributed by atoms with van der Waals surface area (Å²) in [4.78, 5) is 0. The quantitative estimate of drug-likeness (QED) is 0.578. The fraction of sp³-hybridized carbons (Fsp3) is 0.375. The van der Waals surface area contributed by atoms with Crippen LogP contribution in [0.15, 0.2) is 34.7 Å². The van der Waals surface area contributed by atoms with Crippen molar-refractivity contribution < 1.29 is 9.15 Å². The molecule has 0 spiro atoms. The van der Waals surface area contributed by atoms with E-state index in [9.17, 15) is 0 Å². The summed E-state index contributed by atoms with van der Waals surface area (Å²) in [5, 5.41) is 0. The third kappa shape index (κ3) is 2.58. The maximum Gasteiger partial charge on any atom is 0.147 e. The number of methoxy groups -OCH3 is 1. The predicted octanol–water partition coefficient (Wildman–Crippen LogP) is 4.45. The third-order valence-corrected chi connectivity index (χ3v) is 4.90. The van der Waals surface area contributed by atoms with Gasteiger partial charge in [0.25, 0.3) is 0 Å². The minimum atomic E-state index is 0.330. The van der Waals surface area contributed by atoms with E-state index >= 15 is 0 Å². The number of halogens is 1. The van der Waals surface area contributed by atoms with Crippen molar-refractivity contribution in [1.82, 2.24) is 0 Å². The molecule has 3 heteroatoms. The van der Waals surface area contributed by atoms with Crippen LogP contribution in [0.3, 0.4) is 0 Å². The first-order valence-corrected chi connectivity index (χ1v) is 7.75. The van der Waals surface area contributed by atoms with Crippen LogP contribution in [-0.2, 0) is 17.6 Å². The number of furan rings is 1. The molecule has 1 aliphatic carbocycles. The number of rotatable bonds is 2. The van der Waals surface area contributed by atoms with Crippen molar-refractivity contribution in [3.8, 4) is 11.3 Å². The van der Waals surface area contributed by atoms with Crippen LogP contribution >= 0.6 is 22.6 Å². The van der Waals surface area contributed by atoms with Crippen LogP contribution in [0.25, 0.3) is 11.3 Å². The molecule has 0 amide bonds. The van der Waals surface area contributed by atoms with Gasteiger partial charge in [-0.2, -0.15) is 0 Å². The number of fused-ring (bicyclic) bond motifs is 1. The summed E-state index contributed by atoms with van der Waals surface area (Å²) in [5.41, 5.74) is 2.51. The molecular weight excluding hydrogens is 351 g/mol. The van der Waals surface area contributed by atoms with Gasteiger partial charge in [0, 0.05) is 31.1 Å². The lowest BCUT2D eigenvalue weighted by Crippen LogP contribution is -2.12. The molecule has 0 fully saturated rings. The maximum absolute atomic E-state index is 6.13. The van der Waals surface area contributed by atoms with Gasteiger partial charge in [-0.15, -0.1) is 0 Å². The van der Waals surface area contributed by atoms with Gasteiger partial charge in [0.15, 0.2) is 0 Å². The largest absolute Gasteiger partial charge is 0.460 e. The van der Waals surface area contributed by atoms with Gasteiger partial charge in [0.1, 0.15) is 11.5 Å². The summed E-state index contributed by atoms with van der Waals surface area (Å²) in [5.74, 6) is 2.17. The maximum atomic E-state index is 6.13. The van der Waals surface area contributed by atoms with Gasteiger partial charge in [-0.1, -0.05) is 30.3 Å². The van der Waals surface area contributed by atoms with Gasteiger partial charge in [0.2, 0.25) is 0 Å². The zero-order chi connectivity index (χ0) is 13.2. The Labute approximate surface area is 127 Å². The van der Waals surface area contributed by atoms with Gasteiger partial charge >= 0.3 is 0 Å².